The quantitative estimate of drug-likeness (QED) is 0.850. The largest absolute Gasteiger partial charge is 0.377 e. The zero-order valence-corrected chi connectivity index (χ0v) is 13.0. The van der Waals surface area contributed by atoms with E-state index >= 15 is 0 Å². The summed E-state index contributed by atoms with van der Waals surface area (Å²) >= 11 is 3.41. The van der Waals surface area contributed by atoms with Gasteiger partial charge in [0.05, 0.1) is 12.0 Å². The van der Waals surface area contributed by atoms with Gasteiger partial charge < -0.3 is 9.64 Å². The predicted molar refractivity (Wildman–Crippen MR) is 78.8 cm³/mol. The van der Waals surface area contributed by atoms with Crippen molar-refractivity contribution >= 4 is 21.8 Å². The van der Waals surface area contributed by atoms with E-state index in [1.165, 1.54) is 0 Å². The molecule has 1 aromatic rings. The number of carbonyl (C=O) groups is 1. The number of hydrogen-bond donors (Lipinski definition) is 0. The minimum absolute atomic E-state index is 0.0328. The summed E-state index contributed by atoms with van der Waals surface area (Å²) < 4.78 is 6.65. The average Bonchev–Trinajstić information content (AvgIpc) is 2.88. The Hall–Kier alpha value is -0.870. The van der Waals surface area contributed by atoms with Crippen molar-refractivity contribution < 1.29 is 9.53 Å². The molecule has 1 amide bonds. The van der Waals surface area contributed by atoms with Crippen LogP contribution < -0.4 is 0 Å². The molecule has 1 heterocycles. The third-order valence-corrected chi connectivity index (χ3v) is 4.17. The highest BCUT2D eigenvalue weighted by molar-refractivity contribution is 9.10. The second-order valence-electron chi connectivity index (χ2n) is 5.03. The van der Waals surface area contributed by atoms with Crippen LogP contribution in [0.15, 0.2) is 28.7 Å². The van der Waals surface area contributed by atoms with Crippen molar-refractivity contribution in [1.29, 1.82) is 0 Å². The van der Waals surface area contributed by atoms with Gasteiger partial charge in [0, 0.05) is 24.7 Å². The topological polar surface area (TPSA) is 29.5 Å². The predicted octanol–water partition coefficient (Wildman–Crippen LogP) is 3.22. The van der Waals surface area contributed by atoms with E-state index in [0.717, 1.165) is 22.9 Å². The van der Waals surface area contributed by atoms with Crippen molar-refractivity contribution in [1.82, 2.24) is 4.90 Å². The average molecular weight is 326 g/mol. The minimum Gasteiger partial charge on any atom is -0.377 e. The zero-order chi connectivity index (χ0) is 13.8. The Morgan fingerprint density at radius 2 is 2.11 bits per heavy atom. The third kappa shape index (κ3) is 3.57. The lowest BCUT2D eigenvalue weighted by Gasteiger charge is -2.23. The Kier molecular flexibility index (Phi) is 4.99. The molecule has 4 heteroatoms. The van der Waals surface area contributed by atoms with Crippen LogP contribution in [-0.2, 0) is 16.1 Å². The van der Waals surface area contributed by atoms with Gasteiger partial charge >= 0.3 is 0 Å². The number of hydrogen-bond acceptors (Lipinski definition) is 2. The van der Waals surface area contributed by atoms with E-state index in [0.29, 0.717) is 13.2 Å². The highest BCUT2D eigenvalue weighted by atomic mass is 79.9. The van der Waals surface area contributed by atoms with Gasteiger partial charge in [0.1, 0.15) is 0 Å². The van der Waals surface area contributed by atoms with Crippen LogP contribution in [0.1, 0.15) is 25.3 Å². The second kappa shape index (κ2) is 6.53. The summed E-state index contributed by atoms with van der Waals surface area (Å²) in [5.41, 5.74) is 1.14. The van der Waals surface area contributed by atoms with Gasteiger partial charge in [-0.2, -0.15) is 0 Å². The fraction of sp³-hybridized carbons (Fsp3) is 0.533. The maximum atomic E-state index is 12.4. The molecule has 19 heavy (non-hydrogen) atoms. The van der Waals surface area contributed by atoms with E-state index in [4.69, 9.17) is 4.74 Å². The van der Waals surface area contributed by atoms with Gasteiger partial charge in [-0.05, 0) is 30.5 Å². The number of halogens is 1. The fourth-order valence-corrected chi connectivity index (χ4v) is 2.82. The number of benzene rings is 1. The Balaban J connectivity index is 1.97. The van der Waals surface area contributed by atoms with E-state index in [1.54, 1.807) is 0 Å². The van der Waals surface area contributed by atoms with E-state index in [-0.39, 0.29) is 17.9 Å². The van der Waals surface area contributed by atoms with Crippen LogP contribution in [0.25, 0.3) is 0 Å². The second-order valence-corrected chi connectivity index (χ2v) is 5.95. The molecule has 0 aliphatic carbocycles. The SMILES string of the molecule is CCC1OCCC1C(=O)N(C)Cc1ccc(Br)cc1. The lowest BCUT2D eigenvalue weighted by molar-refractivity contribution is -0.136. The van der Waals surface area contributed by atoms with Crippen LogP contribution in [0.5, 0.6) is 0 Å². The summed E-state index contributed by atoms with van der Waals surface area (Å²) in [6.45, 7) is 3.44. The van der Waals surface area contributed by atoms with Crippen molar-refractivity contribution in [3.63, 3.8) is 0 Å². The van der Waals surface area contributed by atoms with Gasteiger partial charge in [0.2, 0.25) is 5.91 Å². The van der Waals surface area contributed by atoms with Crippen molar-refractivity contribution in [2.75, 3.05) is 13.7 Å². The fourth-order valence-electron chi connectivity index (χ4n) is 2.56. The first kappa shape index (κ1) is 14.5. The lowest BCUT2D eigenvalue weighted by Crippen LogP contribution is -2.36. The molecule has 104 valence electrons. The number of ether oxygens (including phenoxy) is 1. The molecule has 1 aromatic carbocycles. The number of nitrogens with zero attached hydrogens (tertiary/aromatic N) is 1. The first-order valence-corrected chi connectivity index (χ1v) is 7.52. The van der Waals surface area contributed by atoms with Crippen LogP contribution in [0.2, 0.25) is 0 Å². The Morgan fingerprint density at radius 1 is 1.42 bits per heavy atom. The van der Waals surface area contributed by atoms with Crippen molar-refractivity contribution in [2.24, 2.45) is 5.92 Å². The molecule has 0 bridgehead atoms. The first-order chi connectivity index (χ1) is 9.11. The van der Waals surface area contributed by atoms with Crippen LogP contribution >= 0.6 is 15.9 Å². The molecule has 2 rings (SSSR count). The summed E-state index contributed by atoms with van der Waals surface area (Å²) in [6.07, 6.45) is 1.85. The molecule has 1 aliphatic heterocycles. The molecule has 1 saturated heterocycles. The molecule has 3 nitrogen and oxygen atoms in total. The molecule has 2 unspecified atom stereocenters. The van der Waals surface area contributed by atoms with Gasteiger partial charge in [-0.25, -0.2) is 0 Å². The number of carbonyl (C=O) groups excluding carboxylic acids is 1. The zero-order valence-electron chi connectivity index (χ0n) is 11.4. The van der Waals surface area contributed by atoms with Crippen molar-refractivity contribution in [3.05, 3.63) is 34.3 Å². The number of amides is 1. The molecule has 1 aliphatic rings. The third-order valence-electron chi connectivity index (χ3n) is 3.64. The van der Waals surface area contributed by atoms with Crippen LogP contribution in [0, 0.1) is 5.92 Å². The van der Waals surface area contributed by atoms with Gasteiger partial charge in [-0.1, -0.05) is 35.0 Å². The molecule has 0 spiro atoms. The van der Waals surface area contributed by atoms with Gasteiger partial charge in [0.25, 0.3) is 0 Å². The molecular formula is C15H20BrNO2. The van der Waals surface area contributed by atoms with Gasteiger partial charge in [0.15, 0.2) is 0 Å². The maximum absolute atomic E-state index is 12.4. The summed E-state index contributed by atoms with van der Waals surface area (Å²) in [5, 5.41) is 0. The smallest absolute Gasteiger partial charge is 0.228 e. The monoisotopic (exact) mass is 325 g/mol. The Morgan fingerprint density at radius 3 is 2.74 bits per heavy atom. The summed E-state index contributed by atoms with van der Waals surface area (Å²) in [4.78, 5) is 14.2. The van der Waals surface area contributed by atoms with E-state index in [9.17, 15) is 4.79 Å². The van der Waals surface area contributed by atoms with Crippen LogP contribution in [0.3, 0.4) is 0 Å². The summed E-state index contributed by atoms with van der Waals surface area (Å²) in [7, 11) is 1.87. The maximum Gasteiger partial charge on any atom is 0.228 e. The Bertz CT molecular complexity index is 432. The van der Waals surface area contributed by atoms with Crippen LogP contribution in [-0.4, -0.2) is 30.6 Å². The summed E-state index contributed by atoms with van der Waals surface area (Å²) in [6, 6.07) is 8.08. The first-order valence-electron chi connectivity index (χ1n) is 6.73. The van der Waals surface area contributed by atoms with E-state index in [1.807, 2.05) is 36.2 Å². The normalized spacial score (nSPS) is 22.5. The molecule has 1 fully saturated rings. The highest BCUT2D eigenvalue weighted by Crippen LogP contribution is 2.25. The highest BCUT2D eigenvalue weighted by Gasteiger charge is 2.34. The van der Waals surface area contributed by atoms with Gasteiger partial charge in [-0.15, -0.1) is 0 Å². The molecule has 0 aromatic heterocycles. The number of rotatable bonds is 4. The molecule has 0 saturated carbocycles. The summed E-state index contributed by atoms with van der Waals surface area (Å²) in [5.74, 6) is 0.234. The van der Waals surface area contributed by atoms with Crippen LogP contribution in [0.4, 0.5) is 0 Å². The lowest BCUT2D eigenvalue weighted by atomic mass is 9.98. The molecule has 0 N–H and O–H groups in total. The van der Waals surface area contributed by atoms with Gasteiger partial charge in [-0.3, -0.25) is 4.79 Å². The van der Waals surface area contributed by atoms with Crippen molar-refractivity contribution in [3.8, 4) is 0 Å². The van der Waals surface area contributed by atoms with Crippen molar-refractivity contribution in [2.45, 2.75) is 32.4 Å². The minimum atomic E-state index is 0.0328. The van der Waals surface area contributed by atoms with E-state index in [2.05, 4.69) is 22.9 Å². The Labute approximate surface area is 123 Å². The standard InChI is InChI=1S/C15H20BrNO2/c1-3-14-13(8-9-19-14)15(18)17(2)10-11-4-6-12(16)7-5-11/h4-7,13-14H,3,8-10H2,1-2H3. The molecular weight excluding hydrogens is 306 g/mol. The molecule has 2 atom stereocenters. The van der Waals surface area contributed by atoms with E-state index < -0.39 is 0 Å². The molecule has 0 radical (unpaired) electrons.